The first-order valence-electron chi connectivity index (χ1n) is 5.38. The molecule has 88 valence electrons. The van der Waals surface area contributed by atoms with Gasteiger partial charge in [-0.05, 0) is 47.7 Å². The summed E-state index contributed by atoms with van der Waals surface area (Å²) in [5.41, 5.74) is 5.84. The molecule has 0 spiro atoms. The highest BCUT2D eigenvalue weighted by molar-refractivity contribution is 9.10. The van der Waals surface area contributed by atoms with Crippen molar-refractivity contribution in [2.75, 3.05) is 0 Å². The van der Waals surface area contributed by atoms with Crippen LogP contribution in [0.15, 0.2) is 16.7 Å². The molecule has 1 heterocycles. The molecule has 2 N–H and O–H groups in total. The minimum atomic E-state index is -0.437. The second-order valence-electron chi connectivity index (χ2n) is 4.11. The van der Waals surface area contributed by atoms with Gasteiger partial charge in [0.1, 0.15) is 6.10 Å². The summed E-state index contributed by atoms with van der Waals surface area (Å²) >= 11 is 3.15. The topological polar surface area (TPSA) is 48.1 Å². The molecule has 0 saturated heterocycles. The standard InChI is InChI=1S/C11H14BrFN2O/c12-7-4-10(13)11(15-6-7)16-9-3-1-2-8(14)5-9/h4,6,8-9H,1-3,5,14H2. The van der Waals surface area contributed by atoms with E-state index < -0.39 is 5.82 Å². The highest BCUT2D eigenvalue weighted by Crippen LogP contribution is 2.24. The van der Waals surface area contributed by atoms with Crippen molar-refractivity contribution in [1.29, 1.82) is 0 Å². The summed E-state index contributed by atoms with van der Waals surface area (Å²) in [6.45, 7) is 0. The minimum absolute atomic E-state index is 0.00748. The Morgan fingerprint density at radius 1 is 1.50 bits per heavy atom. The quantitative estimate of drug-likeness (QED) is 0.910. The SMILES string of the molecule is NC1CCCC(Oc2ncc(Br)cc2F)C1. The van der Waals surface area contributed by atoms with E-state index in [4.69, 9.17) is 10.5 Å². The molecule has 1 aromatic rings. The van der Waals surface area contributed by atoms with Gasteiger partial charge in [-0.25, -0.2) is 9.37 Å². The van der Waals surface area contributed by atoms with Crippen LogP contribution in [0.3, 0.4) is 0 Å². The maximum absolute atomic E-state index is 13.5. The second kappa shape index (κ2) is 5.10. The van der Waals surface area contributed by atoms with Gasteiger partial charge in [-0.2, -0.15) is 0 Å². The predicted molar refractivity (Wildman–Crippen MR) is 62.8 cm³/mol. The molecule has 1 fully saturated rings. The average molecular weight is 289 g/mol. The first kappa shape index (κ1) is 11.8. The van der Waals surface area contributed by atoms with Gasteiger partial charge >= 0.3 is 0 Å². The van der Waals surface area contributed by atoms with Gasteiger partial charge in [0.15, 0.2) is 5.82 Å². The smallest absolute Gasteiger partial charge is 0.250 e. The Bertz CT molecular complexity index is 375. The Hall–Kier alpha value is -0.680. The van der Waals surface area contributed by atoms with Crippen LogP contribution in [-0.4, -0.2) is 17.1 Å². The zero-order valence-corrected chi connectivity index (χ0v) is 10.4. The Labute approximate surface area is 102 Å². The highest BCUT2D eigenvalue weighted by Gasteiger charge is 2.22. The monoisotopic (exact) mass is 288 g/mol. The van der Waals surface area contributed by atoms with Crippen molar-refractivity contribution in [3.8, 4) is 5.88 Å². The van der Waals surface area contributed by atoms with E-state index in [2.05, 4.69) is 20.9 Å². The molecule has 1 aliphatic carbocycles. The lowest BCUT2D eigenvalue weighted by atomic mass is 9.94. The number of aromatic nitrogens is 1. The van der Waals surface area contributed by atoms with Crippen LogP contribution >= 0.6 is 15.9 Å². The van der Waals surface area contributed by atoms with Crippen LogP contribution in [0.2, 0.25) is 0 Å². The Morgan fingerprint density at radius 3 is 3.00 bits per heavy atom. The van der Waals surface area contributed by atoms with Crippen LogP contribution in [0, 0.1) is 5.82 Å². The van der Waals surface area contributed by atoms with Crippen molar-refractivity contribution in [3.05, 3.63) is 22.6 Å². The van der Waals surface area contributed by atoms with E-state index in [-0.39, 0.29) is 18.0 Å². The third-order valence-corrected chi connectivity index (χ3v) is 3.15. The lowest BCUT2D eigenvalue weighted by molar-refractivity contribution is 0.132. The number of nitrogens with two attached hydrogens (primary N) is 1. The normalized spacial score (nSPS) is 25.4. The van der Waals surface area contributed by atoms with E-state index in [9.17, 15) is 4.39 Å². The molecular weight excluding hydrogens is 275 g/mol. The predicted octanol–water partition coefficient (Wildman–Crippen LogP) is 2.63. The minimum Gasteiger partial charge on any atom is -0.472 e. The van der Waals surface area contributed by atoms with Gasteiger partial charge in [-0.15, -0.1) is 0 Å². The summed E-state index contributed by atoms with van der Waals surface area (Å²) in [7, 11) is 0. The summed E-state index contributed by atoms with van der Waals surface area (Å²) in [6, 6.07) is 1.52. The molecule has 1 aliphatic rings. The molecule has 2 atom stereocenters. The van der Waals surface area contributed by atoms with Crippen molar-refractivity contribution in [3.63, 3.8) is 0 Å². The van der Waals surface area contributed by atoms with Gasteiger partial charge in [0.25, 0.3) is 5.88 Å². The van der Waals surface area contributed by atoms with Gasteiger partial charge in [0.05, 0.1) is 0 Å². The van der Waals surface area contributed by atoms with Crippen LogP contribution < -0.4 is 10.5 Å². The Balaban J connectivity index is 2.02. The van der Waals surface area contributed by atoms with Crippen LogP contribution in [0.1, 0.15) is 25.7 Å². The van der Waals surface area contributed by atoms with E-state index in [1.807, 2.05) is 0 Å². The lowest BCUT2D eigenvalue weighted by Gasteiger charge is -2.26. The fourth-order valence-electron chi connectivity index (χ4n) is 1.93. The lowest BCUT2D eigenvalue weighted by Crippen LogP contribution is -2.34. The van der Waals surface area contributed by atoms with Crippen molar-refractivity contribution < 1.29 is 9.13 Å². The number of ether oxygens (including phenoxy) is 1. The molecular formula is C11H14BrFN2O. The molecule has 3 nitrogen and oxygen atoms in total. The maximum atomic E-state index is 13.5. The molecule has 0 radical (unpaired) electrons. The van der Waals surface area contributed by atoms with Crippen molar-refractivity contribution in [2.45, 2.75) is 37.8 Å². The van der Waals surface area contributed by atoms with Gasteiger partial charge in [-0.3, -0.25) is 0 Å². The summed E-state index contributed by atoms with van der Waals surface area (Å²) in [5.74, 6) is -0.365. The first-order valence-corrected chi connectivity index (χ1v) is 6.17. The number of pyridine rings is 1. The Morgan fingerprint density at radius 2 is 2.31 bits per heavy atom. The van der Waals surface area contributed by atoms with Crippen LogP contribution in [0.25, 0.3) is 0 Å². The molecule has 2 rings (SSSR count). The zero-order chi connectivity index (χ0) is 11.5. The third-order valence-electron chi connectivity index (χ3n) is 2.72. The summed E-state index contributed by atoms with van der Waals surface area (Å²) in [5, 5.41) is 0. The van der Waals surface area contributed by atoms with E-state index >= 15 is 0 Å². The van der Waals surface area contributed by atoms with Crippen molar-refractivity contribution in [2.24, 2.45) is 5.73 Å². The van der Waals surface area contributed by atoms with Crippen molar-refractivity contribution in [1.82, 2.24) is 4.98 Å². The zero-order valence-electron chi connectivity index (χ0n) is 8.83. The van der Waals surface area contributed by atoms with Gasteiger partial charge < -0.3 is 10.5 Å². The molecule has 2 unspecified atom stereocenters. The van der Waals surface area contributed by atoms with Crippen LogP contribution in [0.5, 0.6) is 5.88 Å². The van der Waals surface area contributed by atoms with E-state index in [0.29, 0.717) is 4.47 Å². The molecule has 0 aliphatic heterocycles. The molecule has 1 saturated carbocycles. The Kier molecular flexibility index (Phi) is 3.76. The second-order valence-corrected chi connectivity index (χ2v) is 5.02. The number of rotatable bonds is 2. The van der Waals surface area contributed by atoms with E-state index in [1.54, 1.807) is 0 Å². The summed E-state index contributed by atoms with van der Waals surface area (Å²) in [4.78, 5) is 3.91. The largest absolute Gasteiger partial charge is 0.472 e. The molecule has 16 heavy (non-hydrogen) atoms. The molecule has 1 aromatic heterocycles. The van der Waals surface area contributed by atoms with Gasteiger partial charge in [0.2, 0.25) is 0 Å². The number of halogens is 2. The first-order chi connectivity index (χ1) is 7.65. The highest BCUT2D eigenvalue weighted by atomic mass is 79.9. The van der Waals surface area contributed by atoms with E-state index in [0.717, 1.165) is 25.7 Å². The van der Waals surface area contributed by atoms with Crippen molar-refractivity contribution >= 4 is 15.9 Å². The fourth-order valence-corrected chi connectivity index (χ4v) is 2.24. The molecule has 0 aromatic carbocycles. The number of hydrogen-bond acceptors (Lipinski definition) is 3. The molecule has 5 heteroatoms. The summed E-state index contributed by atoms with van der Waals surface area (Å²) < 4.78 is 19.6. The van der Waals surface area contributed by atoms with Gasteiger partial charge in [-0.1, -0.05) is 0 Å². The third kappa shape index (κ3) is 2.92. The van der Waals surface area contributed by atoms with Crippen LogP contribution in [0.4, 0.5) is 4.39 Å². The fraction of sp³-hybridized carbons (Fsp3) is 0.545. The molecule has 0 bridgehead atoms. The number of nitrogens with zero attached hydrogens (tertiary/aromatic N) is 1. The summed E-state index contributed by atoms with van der Waals surface area (Å²) in [6.07, 6.45) is 5.27. The maximum Gasteiger partial charge on any atom is 0.250 e. The van der Waals surface area contributed by atoms with E-state index in [1.165, 1.54) is 12.3 Å². The van der Waals surface area contributed by atoms with Gasteiger partial charge in [0, 0.05) is 16.7 Å². The average Bonchev–Trinajstić information content (AvgIpc) is 2.22. The number of hydrogen-bond donors (Lipinski definition) is 1. The molecule has 0 amide bonds. The van der Waals surface area contributed by atoms with Crippen LogP contribution in [-0.2, 0) is 0 Å².